The Morgan fingerprint density at radius 3 is 2.58 bits per heavy atom. The molecule has 2 aromatic carbocycles. The first-order chi connectivity index (χ1) is 15.7. The Hall–Kier alpha value is -2.59. The van der Waals surface area contributed by atoms with Crippen molar-refractivity contribution in [1.29, 1.82) is 0 Å². The van der Waals surface area contributed by atoms with Gasteiger partial charge in [-0.1, -0.05) is 30.3 Å². The second-order valence-corrected chi connectivity index (χ2v) is 10.7. The molecule has 2 aromatic rings. The molecule has 6 nitrogen and oxygen atoms in total. The third-order valence-corrected chi connectivity index (χ3v) is 8.61. The fourth-order valence-corrected chi connectivity index (χ4v) is 6.17. The van der Waals surface area contributed by atoms with Gasteiger partial charge in [-0.15, -0.1) is 0 Å². The SMILES string of the molecule is O=C1CCOc2c(F)cccc2-c2cccc(c2F)CC2C(NS(=O)(=O)C3(F)CC3)CCN12. The summed E-state index contributed by atoms with van der Waals surface area (Å²) in [5, 5.41) is -2.28. The van der Waals surface area contributed by atoms with Gasteiger partial charge in [0.2, 0.25) is 20.9 Å². The number of nitrogens with zero attached hydrogens (tertiary/aromatic N) is 1. The summed E-state index contributed by atoms with van der Waals surface area (Å²) in [6.07, 6.45) is 0.123. The molecule has 3 aliphatic rings. The van der Waals surface area contributed by atoms with Crippen LogP contribution < -0.4 is 9.46 Å². The molecule has 2 aliphatic heterocycles. The van der Waals surface area contributed by atoms with Crippen LogP contribution in [0.5, 0.6) is 5.75 Å². The number of sulfonamides is 1. The number of hydrogen-bond donors (Lipinski definition) is 1. The van der Waals surface area contributed by atoms with E-state index >= 15 is 4.39 Å². The summed E-state index contributed by atoms with van der Waals surface area (Å²) < 4.78 is 77.4. The van der Waals surface area contributed by atoms with E-state index < -0.39 is 38.7 Å². The van der Waals surface area contributed by atoms with Gasteiger partial charge in [-0.05, 0) is 24.5 Å². The van der Waals surface area contributed by atoms with Crippen molar-refractivity contribution in [1.82, 2.24) is 9.62 Å². The van der Waals surface area contributed by atoms with Gasteiger partial charge in [-0.3, -0.25) is 4.79 Å². The summed E-state index contributed by atoms with van der Waals surface area (Å²) in [5.41, 5.74) is 0.630. The lowest BCUT2D eigenvalue weighted by molar-refractivity contribution is -0.132. The number of halogens is 3. The first-order valence-corrected chi connectivity index (χ1v) is 12.4. The number of nitrogens with one attached hydrogen (secondary N) is 1. The summed E-state index contributed by atoms with van der Waals surface area (Å²) in [7, 11) is -4.23. The minimum atomic E-state index is -4.23. The van der Waals surface area contributed by atoms with Gasteiger partial charge >= 0.3 is 0 Å². The smallest absolute Gasteiger partial charge is 0.247 e. The number of carbonyl (C=O) groups excluding carboxylic acids is 1. The largest absolute Gasteiger partial charge is 0.489 e. The maximum atomic E-state index is 15.6. The molecule has 2 heterocycles. The second kappa shape index (κ2) is 8.02. The van der Waals surface area contributed by atoms with E-state index in [0.717, 1.165) is 0 Å². The number of benzene rings is 2. The van der Waals surface area contributed by atoms with Crippen LogP contribution in [0.15, 0.2) is 36.4 Å². The fourth-order valence-electron chi connectivity index (χ4n) is 4.65. The van der Waals surface area contributed by atoms with Crippen molar-refractivity contribution >= 4 is 15.9 Å². The van der Waals surface area contributed by atoms with E-state index in [1.165, 1.54) is 23.1 Å². The highest BCUT2D eigenvalue weighted by molar-refractivity contribution is 7.91. The number of amides is 1. The van der Waals surface area contributed by atoms with E-state index in [-0.39, 0.29) is 73.6 Å². The third kappa shape index (κ3) is 3.89. The first kappa shape index (κ1) is 22.2. The van der Waals surface area contributed by atoms with Crippen LogP contribution in [0.1, 0.15) is 31.2 Å². The molecule has 5 rings (SSSR count). The van der Waals surface area contributed by atoms with Crippen molar-refractivity contribution in [2.75, 3.05) is 13.2 Å². The maximum absolute atomic E-state index is 15.6. The van der Waals surface area contributed by atoms with Gasteiger partial charge in [-0.2, -0.15) is 0 Å². The molecule has 176 valence electrons. The Morgan fingerprint density at radius 1 is 1.09 bits per heavy atom. The molecule has 0 spiro atoms. The van der Waals surface area contributed by atoms with Gasteiger partial charge in [0, 0.05) is 36.6 Å². The van der Waals surface area contributed by atoms with Gasteiger partial charge in [0.1, 0.15) is 5.82 Å². The second-order valence-electron chi connectivity index (χ2n) is 8.75. The zero-order chi connectivity index (χ0) is 23.4. The zero-order valence-corrected chi connectivity index (χ0v) is 18.5. The highest BCUT2D eigenvalue weighted by atomic mass is 32.2. The van der Waals surface area contributed by atoms with Crippen LogP contribution in [0, 0.1) is 11.6 Å². The van der Waals surface area contributed by atoms with Crippen molar-refractivity contribution in [2.45, 2.75) is 49.2 Å². The zero-order valence-electron chi connectivity index (χ0n) is 17.7. The van der Waals surface area contributed by atoms with Crippen LogP contribution in [0.3, 0.4) is 0 Å². The van der Waals surface area contributed by atoms with Crippen molar-refractivity contribution < 1.29 is 31.1 Å². The molecule has 0 aromatic heterocycles. The Morgan fingerprint density at radius 2 is 1.82 bits per heavy atom. The Bertz CT molecular complexity index is 1220. The molecule has 0 radical (unpaired) electrons. The topological polar surface area (TPSA) is 75.7 Å². The van der Waals surface area contributed by atoms with Crippen molar-refractivity contribution in [2.24, 2.45) is 0 Å². The monoisotopic (exact) mass is 480 g/mol. The minimum Gasteiger partial charge on any atom is -0.489 e. The quantitative estimate of drug-likeness (QED) is 0.732. The standard InChI is InChI=1S/C23H23F3N2O4S/c24-17-6-2-5-16-15-4-1-3-14(21(15)25)13-19-18(27-33(30,31)23(26)9-10-23)7-11-28(19)20(29)8-12-32-22(16)17/h1-6,18-19,27H,7-13H2. The van der Waals surface area contributed by atoms with E-state index in [0.29, 0.717) is 0 Å². The van der Waals surface area contributed by atoms with Crippen LogP contribution in [0.2, 0.25) is 0 Å². The number of ether oxygens (including phenoxy) is 1. The summed E-state index contributed by atoms with van der Waals surface area (Å²) in [4.78, 5) is 14.4. The molecular formula is C23H23F3N2O4S. The molecule has 1 saturated heterocycles. The average molecular weight is 481 g/mol. The molecule has 2 fully saturated rings. The van der Waals surface area contributed by atoms with Gasteiger partial charge in [0.05, 0.1) is 19.1 Å². The van der Waals surface area contributed by atoms with E-state index in [9.17, 15) is 22.0 Å². The molecule has 2 bridgehead atoms. The van der Waals surface area contributed by atoms with Gasteiger partial charge < -0.3 is 9.64 Å². The minimum absolute atomic E-state index is 0.0311. The maximum Gasteiger partial charge on any atom is 0.247 e. The van der Waals surface area contributed by atoms with Crippen molar-refractivity contribution in [3.63, 3.8) is 0 Å². The van der Waals surface area contributed by atoms with E-state index in [1.54, 1.807) is 18.2 Å². The molecule has 1 N–H and O–H groups in total. The predicted octanol–water partition coefficient (Wildman–Crippen LogP) is 3.31. The summed E-state index contributed by atoms with van der Waals surface area (Å²) in [6.45, 7) is 0.115. The van der Waals surface area contributed by atoms with Crippen LogP contribution in [0.25, 0.3) is 11.1 Å². The molecule has 10 heteroatoms. The first-order valence-electron chi connectivity index (χ1n) is 10.9. The van der Waals surface area contributed by atoms with E-state index in [2.05, 4.69) is 4.72 Å². The van der Waals surface area contributed by atoms with Crippen molar-refractivity contribution in [3.8, 4) is 16.9 Å². The van der Waals surface area contributed by atoms with Gasteiger partial charge in [0.25, 0.3) is 0 Å². The summed E-state index contributed by atoms with van der Waals surface area (Å²) >= 11 is 0. The fraction of sp³-hybridized carbons (Fsp3) is 0.435. The van der Waals surface area contributed by atoms with E-state index in [1.807, 2.05) is 0 Å². The molecule has 33 heavy (non-hydrogen) atoms. The summed E-state index contributed by atoms with van der Waals surface area (Å²) in [5.74, 6) is -1.70. The van der Waals surface area contributed by atoms with Crippen LogP contribution in [0.4, 0.5) is 13.2 Å². The average Bonchev–Trinajstić information content (AvgIpc) is 3.42. The molecule has 2 unspecified atom stereocenters. The van der Waals surface area contributed by atoms with E-state index in [4.69, 9.17) is 4.74 Å². The number of rotatable bonds is 3. The molecule has 1 saturated carbocycles. The third-order valence-electron chi connectivity index (χ3n) is 6.62. The lowest BCUT2D eigenvalue weighted by atomic mass is 9.95. The Kier molecular flexibility index (Phi) is 5.40. The normalized spacial score (nSPS) is 24.2. The van der Waals surface area contributed by atoms with Crippen LogP contribution in [-0.4, -0.2) is 49.5 Å². The number of para-hydroxylation sites is 1. The Balaban J connectivity index is 1.55. The number of fused-ring (bicyclic) bond motifs is 5. The lowest BCUT2D eigenvalue weighted by Gasteiger charge is -2.30. The van der Waals surface area contributed by atoms with Gasteiger partial charge in [-0.25, -0.2) is 26.3 Å². The lowest BCUT2D eigenvalue weighted by Crippen LogP contribution is -2.50. The molecule has 1 aliphatic carbocycles. The highest BCUT2D eigenvalue weighted by Crippen LogP contribution is 2.45. The van der Waals surface area contributed by atoms with Crippen LogP contribution >= 0.6 is 0 Å². The number of alkyl halides is 1. The van der Waals surface area contributed by atoms with Crippen molar-refractivity contribution in [3.05, 3.63) is 53.6 Å². The predicted molar refractivity (Wildman–Crippen MR) is 115 cm³/mol. The van der Waals surface area contributed by atoms with Gasteiger partial charge in [0.15, 0.2) is 11.6 Å². The Labute approximate surface area is 189 Å². The molecule has 1 amide bonds. The molecule has 2 atom stereocenters. The molecular weight excluding hydrogens is 457 g/mol. The highest BCUT2D eigenvalue weighted by Gasteiger charge is 2.57. The number of hydrogen-bond acceptors (Lipinski definition) is 4. The van der Waals surface area contributed by atoms with Crippen LogP contribution in [-0.2, 0) is 21.2 Å². The summed E-state index contributed by atoms with van der Waals surface area (Å²) in [6, 6.07) is 7.46. The number of carbonyl (C=O) groups is 1.